The van der Waals surface area contributed by atoms with Crippen molar-refractivity contribution in [2.45, 2.75) is 0 Å². The third-order valence-corrected chi connectivity index (χ3v) is 2.60. The molecule has 0 aliphatic carbocycles. The molecule has 0 fully saturated rings. The number of halogens is 2. The molecule has 108 valence electrons. The predicted molar refractivity (Wildman–Crippen MR) is 69.1 cm³/mol. The van der Waals surface area contributed by atoms with Gasteiger partial charge in [0.1, 0.15) is 22.9 Å². The van der Waals surface area contributed by atoms with Crippen molar-refractivity contribution in [3.8, 4) is 5.75 Å². The normalized spacial score (nSPS) is 10.2. The average Bonchev–Trinajstić information content (AvgIpc) is 2.41. The summed E-state index contributed by atoms with van der Waals surface area (Å²) >= 11 is 0. The van der Waals surface area contributed by atoms with E-state index in [9.17, 15) is 28.8 Å². The van der Waals surface area contributed by atoms with Crippen LogP contribution in [-0.2, 0) is 0 Å². The zero-order valence-corrected chi connectivity index (χ0v) is 10.3. The highest BCUT2D eigenvalue weighted by atomic mass is 19.1. The molecule has 2 aromatic rings. The van der Waals surface area contributed by atoms with E-state index in [4.69, 9.17) is 0 Å². The molecule has 0 aliphatic heterocycles. The van der Waals surface area contributed by atoms with Crippen LogP contribution >= 0.6 is 0 Å². The number of phenols is 1. The molecule has 0 aromatic heterocycles. The van der Waals surface area contributed by atoms with Gasteiger partial charge in [-0.3, -0.25) is 14.9 Å². The lowest BCUT2D eigenvalue weighted by Crippen LogP contribution is -2.15. The van der Waals surface area contributed by atoms with E-state index in [-0.39, 0.29) is 11.4 Å². The number of nitro benzene ring substituents is 1. The number of amides is 1. The fraction of sp³-hybridized carbons (Fsp3) is 0. The van der Waals surface area contributed by atoms with Crippen LogP contribution in [-0.4, -0.2) is 15.9 Å². The molecule has 8 heteroatoms. The fourth-order valence-corrected chi connectivity index (χ4v) is 1.65. The van der Waals surface area contributed by atoms with Crippen LogP contribution in [0, 0.1) is 21.7 Å². The number of nitro groups is 1. The predicted octanol–water partition coefficient (Wildman–Crippen LogP) is 2.83. The highest BCUT2D eigenvalue weighted by Gasteiger charge is 2.21. The van der Waals surface area contributed by atoms with Crippen molar-refractivity contribution in [1.29, 1.82) is 0 Å². The molecular weight excluding hydrogens is 286 g/mol. The first-order valence-electron chi connectivity index (χ1n) is 5.62. The van der Waals surface area contributed by atoms with Gasteiger partial charge in [-0.25, -0.2) is 8.78 Å². The molecule has 1 amide bonds. The Bertz CT molecular complexity index is 734. The molecule has 2 rings (SSSR count). The number of hydrogen-bond donors (Lipinski definition) is 2. The fourth-order valence-electron chi connectivity index (χ4n) is 1.65. The third-order valence-electron chi connectivity index (χ3n) is 2.60. The first-order chi connectivity index (χ1) is 9.88. The largest absolute Gasteiger partial charge is 0.508 e. The summed E-state index contributed by atoms with van der Waals surface area (Å²) in [6, 6.07) is 5.35. The van der Waals surface area contributed by atoms with Gasteiger partial charge in [-0.2, -0.15) is 0 Å². The van der Waals surface area contributed by atoms with E-state index >= 15 is 0 Å². The zero-order chi connectivity index (χ0) is 15.6. The van der Waals surface area contributed by atoms with E-state index in [1.165, 1.54) is 0 Å². The minimum atomic E-state index is -1.02. The monoisotopic (exact) mass is 294 g/mol. The number of carbonyl (C=O) groups excluding carboxylic acids is 1. The Balaban J connectivity index is 2.36. The molecule has 0 saturated carbocycles. The number of phenolic OH excluding ortho intramolecular Hbond substituents is 1. The van der Waals surface area contributed by atoms with E-state index in [0.29, 0.717) is 6.07 Å². The van der Waals surface area contributed by atoms with E-state index < -0.39 is 33.7 Å². The topological polar surface area (TPSA) is 92.5 Å². The van der Waals surface area contributed by atoms with Gasteiger partial charge >= 0.3 is 0 Å². The van der Waals surface area contributed by atoms with Gasteiger partial charge in [0.2, 0.25) is 0 Å². The van der Waals surface area contributed by atoms with Crippen molar-refractivity contribution in [2.75, 3.05) is 5.32 Å². The summed E-state index contributed by atoms with van der Waals surface area (Å²) in [5, 5.41) is 22.2. The zero-order valence-electron chi connectivity index (χ0n) is 10.3. The minimum Gasteiger partial charge on any atom is -0.508 e. The molecule has 6 nitrogen and oxygen atoms in total. The van der Waals surface area contributed by atoms with Gasteiger partial charge in [0.05, 0.1) is 10.6 Å². The Morgan fingerprint density at radius 2 is 1.90 bits per heavy atom. The number of rotatable bonds is 3. The lowest BCUT2D eigenvalue weighted by atomic mass is 10.1. The standard InChI is InChI=1S/C13H8F2N2O4/c14-7-1-3-11(10(15)5-7)16-13(19)9-6-8(18)2-4-12(9)17(20)21/h1-6,18H,(H,16,19). The molecule has 0 atom stereocenters. The molecule has 21 heavy (non-hydrogen) atoms. The van der Waals surface area contributed by atoms with Crippen LogP contribution < -0.4 is 5.32 Å². The van der Waals surface area contributed by atoms with Crippen LogP contribution in [0.15, 0.2) is 36.4 Å². The van der Waals surface area contributed by atoms with Crippen molar-refractivity contribution < 1.29 is 23.6 Å². The molecule has 0 saturated heterocycles. The lowest BCUT2D eigenvalue weighted by molar-refractivity contribution is -0.385. The smallest absolute Gasteiger partial charge is 0.282 e. The maximum absolute atomic E-state index is 13.4. The number of nitrogens with one attached hydrogen (secondary N) is 1. The van der Waals surface area contributed by atoms with Crippen LogP contribution in [0.4, 0.5) is 20.2 Å². The molecular formula is C13H8F2N2O4. The second kappa shape index (κ2) is 5.53. The average molecular weight is 294 g/mol. The van der Waals surface area contributed by atoms with Gasteiger partial charge in [0.15, 0.2) is 0 Å². The summed E-state index contributed by atoms with van der Waals surface area (Å²) in [5.74, 6) is -3.20. The van der Waals surface area contributed by atoms with Crippen molar-refractivity contribution in [3.63, 3.8) is 0 Å². The van der Waals surface area contributed by atoms with Crippen LogP contribution in [0.2, 0.25) is 0 Å². The second-order valence-corrected chi connectivity index (χ2v) is 4.04. The van der Waals surface area contributed by atoms with E-state index in [2.05, 4.69) is 5.32 Å². The molecule has 2 N–H and O–H groups in total. The van der Waals surface area contributed by atoms with Gasteiger partial charge in [0.25, 0.3) is 11.6 Å². The Labute approximate surface area is 116 Å². The van der Waals surface area contributed by atoms with Gasteiger partial charge in [-0.15, -0.1) is 0 Å². The number of nitrogens with zero attached hydrogens (tertiary/aromatic N) is 1. The number of aromatic hydroxyl groups is 1. The quantitative estimate of drug-likeness (QED) is 0.672. The highest BCUT2D eigenvalue weighted by molar-refractivity contribution is 6.07. The summed E-state index contributed by atoms with van der Waals surface area (Å²) in [6.45, 7) is 0. The molecule has 0 heterocycles. The van der Waals surface area contributed by atoms with Gasteiger partial charge in [-0.1, -0.05) is 0 Å². The van der Waals surface area contributed by atoms with Crippen LogP contribution in [0.25, 0.3) is 0 Å². The molecule has 0 bridgehead atoms. The van der Waals surface area contributed by atoms with E-state index in [1.54, 1.807) is 0 Å². The summed E-state index contributed by atoms with van der Waals surface area (Å²) < 4.78 is 26.2. The summed E-state index contributed by atoms with van der Waals surface area (Å²) in [7, 11) is 0. The van der Waals surface area contributed by atoms with Gasteiger partial charge in [-0.05, 0) is 24.3 Å². The molecule has 0 spiro atoms. The number of benzene rings is 2. The van der Waals surface area contributed by atoms with Crippen LogP contribution in [0.5, 0.6) is 5.75 Å². The van der Waals surface area contributed by atoms with Crippen molar-refractivity contribution >= 4 is 17.3 Å². The Morgan fingerprint density at radius 3 is 2.52 bits per heavy atom. The Kier molecular flexibility index (Phi) is 3.79. The first-order valence-corrected chi connectivity index (χ1v) is 5.62. The lowest BCUT2D eigenvalue weighted by Gasteiger charge is -2.07. The molecule has 0 radical (unpaired) electrons. The second-order valence-electron chi connectivity index (χ2n) is 4.04. The van der Waals surface area contributed by atoms with Crippen molar-refractivity contribution in [2.24, 2.45) is 0 Å². The highest BCUT2D eigenvalue weighted by Crippen LogP contribution is 2.25. The Morgan fingerprint density at radius 1 is 1.19 bits per heavy atom. The van der Waals surface area contributed by atoms with Crippen LogP contribution in [0.3, 0.4) is 0 Å². The first kappa shape index (κ1) is 14.4. The van der Waals surface area contributed by atoms with Crippen molar-refractivity contribution in [1.82, 2.24) is 0 Å². The maximum Gasteiger partial charge on any atom is 0.282 e. The maximum atomic E-state index is 13.4. The van der Waals surface area contributed by atoms with Crippen molar-refractivity contribution in [3.05, 3.63) is 63.7 Å². The molecule has 2 aromatic carbocycles. The Hall–Kier alpha value is -3.03. The molecule has 0 aliphatic rings. The summed E-state index contributed by atoms with van der Waals surface area (Å²) in [4.78, 5) is 22.0. The van der Waals surface area contributed by atoms with Gasteiger partial charge in [0, 0.05) is 12.1 Å². The van der Waals surface area contributed by atoms with E-state index in [0.717, 1.165) is 30.3 Å². The number of anilines is 1. The van der Waals surface area contributed by atoms with Crippen LogP contribution in [0.1, 0.15) is 10.4 Å². The summed E-state index contributed by atoms with van der Waals surface area (Å²) in [6.07, 6.45) is 0. The number of carbonyl (C=O) groups is 1. The minimum absolute atomic E-state index is 0.334. The molecule has 0 unspecified atom stereocenters. The summed E-state index contributed by atoms with van der Waals surface area (Å²) in [5.41, 5.74) is -1.32. The number of hydrogen-bond acceptors (Lipinski definition) is 4. The third kappa shape index (κ3) is 3.11. The van der Waals surface area contributed by atoms with Gasteiger partial charge < -0.3 is 10.4 Å². The van der Waals surface area contributed by atoms with E-state index in [1.807, 2.05) is 0 Å². The SMILES string of the molecule is O=C(Nc1ccc(F)cc1F)c1cc(O)ccc1[N+](=O)[O-].